The lowest BCUT2D eigenvalue weighted by molar-refractivity contribution is 0.177. The highest BCUT2D eigenvalue weighted by atomic mass is 16.3. The maximum Gasteiger partial charge on any atom is 0.136 e. The van der Waals surface area contributed by atoms with Crippen LogP contribution in [0.15, 0.2) is 30.5 Å². The van der Waals surface area contributed by atoms with Crippen LogP contribution in [0.5, 0.6) is 0 Å². The summed E-state index contributed by atoms with van der Waals surface area (Å²) in [5.41, 5.74) is 3.14. The average molecular weight is 245 g/mol. The fourth-order valence-corrected chi connectivity index (χ4v) is 2.07. The van der Waals surface area contributed by atoms with Gasteiger partial charge in [0.05, 0.1) is 6.10 Å². The molecule has 2 rings (SSSR count). The zero-order chi connectivity index (χ0) is 13.1. The summed E-state index contributed by atoms with van der Waals surface area (Å²) in [4.78, 5) is 4.42. The summed E-state index contributed by atoms with van der Waals surface area (Å²) in [6.07, 6.45) is 1.22. The van der Waals surface area contributed by atoms with E-state index >= 15 is 0 Å². The summed E-state index contributed by atoms with van der Waals surface area (Å²) in [5.74, 6) is 0.885. The number of nitrogens with one attached hydrogen (secondary N) is 1. The average Bonchev–Trinajstić information content (AvgIpc) is 2.70. The minimum Gasteiger partial charge on any atom is -0.387 e. The minimum atomic E-state index is -0.511. The van der Waals surface area contributed by atoms with Crippen LogP contribution in [0.2, 0.25) is 0 Å². The maximum atomic E-state index is 9.84. The van der Waals surface area contributed by atoms with Gasteiger partial charge in [0.15, 0.2) is 0 Å². The highest BCUT2D eigenvalue weighted by Crippen LogP contribution is 2.16. The van der Waals surface area contributed by atoms with Crippen LogP contribution in [0.25, 0.3) is 5.82 Å². The van der Waals surface area contributed by atoms with E-state index in [2.05, 4.69) is 40.8 Å². The van der Waals surface area contributed by atoms with Gasteiger partial charge < -0.3 is 15.0 Å². The first-order valence-electron chi connectivity index (χ1n) is 6.07. The molecule has 2 aromatic rings. The van der Waals surface area contributed by atoms with Gasteiger partial charge in [-0.2, -0.15) is 0 Å². The van der Waals surface area contributed by atoms with Crippen molar-refractivity contribution in [1.82, 2.24) is 14.9 Å². The quantitative estimate of drug-likeness (QED) is 0.862. The van der Waals surface area contributed by atoms with Crippen LogP contribution in [0.3, 0.4) is 0 Å². The van der Waals surface area contributed by atoms with Crippen molar-refractivity contribution in [3.05, 3.63) is 47.4 Å². The Morgan fingerprint density at radius 1 is 1.22 bits per heavy atom. The van der Waals surface area contributed by atoms with Gasteiger partial charge in [0.1, 0.15) is 5.82 Å². The Balaban J connectivity index is 2.28. The lowest BCUT2D eigenvalue weighted by Crippen LogP contribution is -2.17. The standard InChI is InChI=1S/C14H19N3O/c1-10-4-5-11(2)17(10)14-7-6-12(8-16-14)13(18)9-15-3/h4-8,13,15,18H,9H2,1-3H3. The zero-order valence-electron chi connectivity index (χ0n) is 11.0. The van der Waals surface area contributed by atoms with Crippen molar-refractivity contribution < 1.29 is 5.11 Å². The summed E-state index contributed by atoms with van der Waals surface area (Å²) in [7, 11) is 1.82. The number of hydrogen-bond donors (Lipinski definition) is 2. The van der Waals surface area contributed by atoms with E-state index in [1.165, 1.54) is 0 Å². The second kappa shape index (κ2) is 5.33. The summed E-state index contributed by atoms with van der Waals surface area (Å²) in [6, 6.07) is 8.00. The number of rotatable bonds is 4. The van der Waals surface area contributed by atoms with E-state index in [4.69, 9.17) is 0 Å². The summed E-state index contributed by atoms with van der Waals surface area (Å²) < 4.78 is 2.09. The van der Waals surface area contributed by atoms with E-state index in [9.17, 15) is 5.11 Å². The number of hydrogen-bond acceptors (Lipinski definition) is 3. The summed E-state index contributed by atoms with van der Waals surface area (Å²) in [6.45, 7) is 4.64. The normalized spacial score (nSPS) is 12.7. The van der Waals surface area contributed by atoms with Crippen LogP contribution in [-0.2, 0) is 0 Å². The number of aromatic nitrogens is 2. The number of aliphatic hydroxyl groups excluding tert-OH is 1. The molecule has 0 aromatic carbocycles. The number of aliphatic hydroxyl groups is 1. The topological polar surface area (TPSA) is 50.1 Å². The molecule has 2 N–H and O–H groups in total. The van der Waals surface area contributed by atoms with Crippen LogP contribution in [-0.4, -0.2) is 28.3 Å². The van der Waals surface area contributed by atoms with Crippen molar-refractivity contribution >= 4 is 0 Å². The molecule has 1 unspecified atom stereocenters. The predicted octanol–water partition coefficient (Wildman–Crippen LogP) is 1.74. The second-order valence-electron chi connectivity index (χ2n) is 4.47. The summed E-state index contributed by atoms with van der Waals surface area (Å²) >= 11 is 0. The van der Waals surface area contributed by atoms with Gasteiger partial charge in [-0.1, -0.05) is 6.07 Å². The van der Waals surface area contributed by atoms with Gasteiger partial charge in [0, 0.05) is 29.7 Å². The molecule has 2 heterocycles. The Labute approximate surface area is 107 Å². The van der Waals surface area contributed by atoms with E-state index in [0.717, 1.165) is 22.8 Å². The monoisotopic (exact) mass is 245 g/mol. The zero-order valence-corrected chi connectivity index (χ0v) is 11.0. The molecule has 0 bridgehead atoms. The third-order valence-corrected chi connectivity index (χ3v) is 3.05. The van der Waals surface area contributed by atoms with Gasteiger partial charge in [-0.25, -0.2) is 4.98 Å². The van der Waals surface area contributed by atoms with Crippen molar-refractivity contribution in [1.29, 1.82) is 0 Å². The molecule has 0 aliphatic rings. The molecule has 0 fully saturated rings. The van der Waals surface area contributed by atoms with E-state index in [1.807, 2.05) is 19.2 Å². The van der Waals surface area contributed by atoms with Crippen molar-refractivity contribution in [2.45, 2.75) is 20.0 Å². The van der Waals surface area contributed by atoms with Crippen molar-refractivity contribution in [3.63, 3.8) is 0 Å². The van der Waals surface area contributed by atoms with E-state index in [1.54, 1.807) is 6.20 Å². The van der Waals surface area contributed by atoms with Crippen LogP contribution in [0.4, 0.5) is 0 Å². The molecule has 0 aliphatic heterocycles. The van der Waals surface area contributed by atoms with Gasteiger partial charge in [-0.3, -0.25) is 0 Å². The Morgan fingerprint density at radius 3 is 2.39 bits per heavy atom. The molecule has 18 heavy (non-hydrogen) atoms. The van der Waals surface area contributed by atoms with Crippen molar-refractivity contribution in [2.24, 2.45) is 0 Å². The van der Waals surface area contributed by atoms with Crippen molar-refractivity contribution in [2.75, 3.05) is 13.6 Å². The van der Waals surface area contributed by atoms with Crippen molar-refractivity contribution in [3.8, 4) is 5.82 Å². The van der Waals surface area contributed by atoms with Gasteiger partial charge in [0.2, 0.25) is 0 Å². The molecule has 0 spiro atoms. The largest absolute Gasteiger partial charge is 0.387 e. The molecule has 1 atom stereocenters. The third-order valence-electron chi connectivity index (χ3n) is 3.05. The first-order valence-corrected chi connectivity index (χ1v) is 6.07. The number of aryl methyl sites for hydroxylation is 2. The van der Waals surface area contributed by atoms with Crippen LogP contribution in [0.1, 0.15) is 23.1 Å². The molecule has 0 radical (unpaired) electrons. The van der Waals surface area contributed by atoms with Crippen LogP contribution < -0.4 is 5.32 Å². The molecule has 0 saturated carbocycles. The van der Waals surface area contributed by atoms with E-state index in [0.29, 0.717) is 6.54 Å². The first kappa shape index (κ1) is 12.8. The van der Waals surface area contributed by atoms with E-state index in [-0.39, 0.29) is 0 Å². The Hall–Kier alpha value is -1.65. The molecule has 96 valence electrons. The fraction of sp³-hybridized carbons (Fsp3) is 0.357. The number of pyridine rings is 1. The number of likely N-dealkylation sites (N-methyl/N-ethyl adjacent to an activating group) is 1. The molecule has 0 amide bonds. The maximum absolute atomic E-state index is 9.84. The molecule has 4 nitrogen and oxygen atoms in total. The lowest BCUT2D eigenvalue weighted by atomic mass is 10.1. The molecule has 2 aromatic heterocycles. The second-order valence-corrected chi connectivity index (χ2v) is 4.47. The highest BCUT2D eigenvalue weighted by Gasteiger charge is 2.09. The number of nitrogens with zero attached hydrogens (tertiary/aromatic N) is 2. The van der Waals surface area contributed by atoms with Gasteiger partial charge in [0.25, 0.3) is 0 Å². The smallest absolute Gasteiger partial charge is 0.136 e. The molecule has 0 saturated heterocycles. The third kappa shape index (κ3) is 2.44. The fourth-order valence-electron chi connectivity index (χ4n) is 2.07. The lowest BCUT2D eigenvalue weighted by Gasteiger charge is -2.12. The summed E-state index contributed by atoms with van der Waals surface area (Å²) in [5, 5.41) is 12.8. The van der Waals surface area contributed by atoms with Gasteiger partial charge in [-0.15, -0.1) is 0 Å². The van der Waals surface area contributed by atoms with Crippen LogP contribution >= 0.6 is 0 Å². The first-order chi connectivity index (χ1) is 8.63. The van der Waals surface area contributed by atoms with Gasteiger partial charge in [-0.05, 0) is 39.1 Å². The molecular weight excluding hydrogens is 226 g/mol. The minimum absolute atomic E-state index is 0.511. The predicted molar refractivity (Wildman–Crippen MR) is 71.9 cm³/mol. The molecular formula is C14H19N3O. The molecule has 0 aliphatic carbocycles. The Bertz CT molecular complexity index is 497. The highest BCUT2D eigenvalue weighted by molar-refractivity contribution is 5.33. The Morgan fingerprint density at radius 2 is 1.89 bits per heavy atom. The SMILES string of the molecule is CNCC(O)c1ccc(-n2c(C)ccc2C)nc1. The van der Waals surface area contributed by atoms with Crippen LogP contribution in [0, 0.1) is 13.8 Å². The Kier molecular flexibility index (Phi) is 3.79. The van der Waals surface area contributed by atoms with Gasteiger partial charge >= 0.3 is 0 Å². The molecule has 4 heteroatoms. The van der Waals surface area contributed by atoms with E-state index < -0.39 is 6.10 Å².